The first-order valence-corrected chi connectivity index (χ1v) is 4.29. The summed E-state index contributed by atoms with van der Waals surface area (Å²) in [4.78, 5) is 2.98. The Kier molecular flexibility index (Phi) is 1.90. The molecule has 1 aromatic carbocycles. The van der Waals surface area contributed by atoms with Crippen LogP contribution in [0.25, 0.3) is 10.9 Å². The second kappa shape index (κ2) is 2.94. The third-order valence-electron chi connectivity index (χ3n) is 2.06. The number of phenols is 1. The van der Waals surface area contributed by atoms with Crippen molar-refractivity contribution in [2.24, 2.45) is 5.73 Å². The summed E-state index contributed by atoms with van der Waals surface area (Å²) in [5, 5.41) is 10.9. The minimum absolute atomic E-state index is 0.209. The molecular formula is C9H9ClN2O. The van der Waals surface area contributed by atoms with Gasteiger partial charge in [0.25, 0.3) is 0 Å². The van der Waals surface area contributed by atoms with Crippen molar-refractivity contribution in [2.45, 2.75) is 6.54 Å². The van der Waals surface area contributed by atoms with E-state index in [1.807, 2.05) is 0 Å². The van der Waals surface area contributed by atoms with Gasteiger partial charge in [0.1, 0.15) is 5.75 Å². The molecule has 0 saturated heterocycles. The minimum atomic E-state index is 0.209. The van der Waals surface area contributed by atoms with Crippen LogP contribution < -0.4 is 5.73 Å². The number of nitrogens with two attached hydrogens (primary N) is 1. The molecule has 2 aromatic rings. The molecule has 0 bridgehead atoms. The SMILES string of the molecule is NCc1c[nH]c2c(Cl)ccc(O)c12. The van der Waals surface area contributed by atoms with Crippen molar-refractivity contribution < 1.29 is 5.11 Å². The van der Waals surface area contributed by atoms with Crippen LogP contribution >= 0.6 is 11.6 Å². The molecule has 0 amide bonds. The van der Waals surface area contributed by atoms with Crippen molar-refractivity contribution in [3.8, 4) is 5.75 Å². The lowest BCUT2D eigenvalue weighted by molar-refractivity contribution is 0.481. The normalized spacial score (nSPS) is 10.9. The van der Waals surface area contributed by atoms with E-state index in [1.165, 1.54) is 0 Å². The Morgan fingerprint density at radius 2 is 2.23 bits per heavy atom. The number of hydrogen-bond acceptors (Lipinski definition) is 2. The number of aromatic nitrogens is 1. The fourth-order valence-corrected chi connectivity index (χ4v) is 1.64. The molecule has 68 valence electrons. The van der Waals surface area contributed by atoms with E-state index in [4.69, 9.17) is 17.3 Å². The van der Waals surface area contributed by atoms with Crippen LogP contribution in [0.1, 0.15) is 5.56 Å². The molecule has 13 heavy (non-hydrogen) atoms. The highest BCUT2D eigenvalue weighted by atomic mass is 35.5. The van der Waals surface area contributed by atoms with E-state index in [9.17, 15) is 5.11 Å². The highest BCUT2D eigenvalue weighted by Crippen LogP contribution is 2.32. The van der Waals surface area contributed by atoms with Gasteiger partial charge in [-0.1, -0.05) is 11.6 Å². The van der Waals surface area contributed by atoms with Gasteiger partial charge in [-0.2, -0.15) is 0 Å². The van der Waals surface area contributed by atoms with Gasteiger partial charge in [0.05, 0.1) is 10.5 Å². The Hall–Kier alpha value is -1.19. The predicted octanol–water partition coefficient (Wildman–Crippen LogP) is 1.99. The highest BCUT2D eigenvalue weighted by Gasteiger charge is 2.09. The van der Waals surface area contributed by atoms with Crippen molar-refractivity contribution in [1.29, 1.82) is 0 Å². The van der Waals surface area contributed by atoms with Crippen LogP contribution in [0.2, 0.25) is 5.02 Å². The van der Waals surface area contributed by atoms with Gasteiger partial charge < -0.3 is 15.8 Å². The second-order valence-corrected chi connectivity index (χ2v) is 3.24. The number of rotatable bonds is 1. The summed E-state index contributed by atoms with van der Waals surface area (Å²) >= 11 is 5.92. The van der Waals surface area contributed by atoms with E-state index in [0.29, 0.717) is 11.6 Å². The Labute approximate surface area is 80.1 Å². The van der Waals surface area contributed by atoms with Crippen LogP contribution in [0.15, 0.2) is 18.3 Å². The minimum Gasteiger partial charge on any atom is -0.507 e. The molecule has 0 radical (unpaired) electrons. The third-order valence-corrected chi connectivity index (χ3v) is 2.38. The smallest absolute Gasteiger partial charge is 0.125 e. The van der Waals surface area contributed by atoms with E-state index >= 15 is 0 Å². The number of hydrogen-bond donors (Lipinski definition) is 3. The van der Waals surface area contributed by atoms with Gasteiger partial charge in [0.15, 0.2) is 0 Å². The molecule has 0 fully saturated rings. The zero-order chi connectivity index (χ0) is 9.42. The molecule has 0 atom stereocenters. The Balaban J connectivity index is 2.87. The summed E-state index contributed by atoms with van der Waals surface area (Å²) < 4.78 is 0. The summed E-state index contributed by atoms with van der Waals surface area (Å²) in [5.74, 6) is 0.209. The summed E-state index contributed by atoms with van der Waals surface area (Å²) in [6.07, 6.45) is 1.76. The van der Waals surface area contributed by atoms with Crippen LogP contribution in [0.3, 0.4) is 0 Å². The maximum atomic E-state index is 9.56. The number of nitrogens with one attached hydrogen (secondary N) is 1. The van der Waals surface area contributed by atoms with Gasteiger partial charge in [-0.25, -0.2) is 0 Å². The third kappa shape index (κ3) is 1.17. The number of phenolic OH excluding ortho intramolecular Hbond substituents is 1. The van der Waals surface area contributed by atoms with E-state index in [2.05, 4.69) is 4.98 Å². The van der Waals surface area contributed by atoms with Crippen LogP contribution in [-0.2, 0) is 6.54 Å². The molecule has 0 aliphatic rings. The van der Waals surface area contributed by atoms with Crippen LogP contribution in [-0.4, -0.2) is 10.1 Å². The molecule has 1 aromatic heterocycles. The van der Waals surface area contributed by atoms with Crippen LogP contribution in [0.4, 0.5) is 0 Å². The molecule has 0 unspecified atom stereocenters. The highest BCUT2D eigenvalue weighted by molar-refractivity contribution is 6.35. The van der Waals surface area contributed by atoms with Gasteiger partial charge in [-0.3, -0.25) is 0 Å². The maximum Gasteiger partial charge on any atom is 0.125 e. The standard InChI is InChI=1S/C9H9ClN2O/c10-6-1-2-7(13)8-5(3-11)4-12-9(6)8/h1-2,4,12-13H,3,11H2. The zero-order valence-corrected chi connectivity index (χ0v) is 7.60. The average molecular weight is 197 g/mol. The Bertz CT molecular complexity index is 450. The molecule has 4 N–H and O–H groups in total. The first-order valence-electron chi connectivity index (χ1n) is 3.91. The average Bonchev–Trinajstić information content (AvgIpc) is 2.56. The fraction of sp³-hybridized carbons (Fsp3) is 0.111. The van der Waals surface area contributed by atoms with Crippen LogP contribution in [0.5, 0.6) is 5.75 Å². The van der Waals surface area contributed by atoms with E-state index in [0.717, 1.165) is 16.5 Å². The summed E-state index contributed by atoms with van der Waals surface area (Å²) in [5.41, 5.74) is 7.11. The molecular weight excluding hydrogens is 188 g/mol. The van der Waals surface area contributed by atoms with E-state index in [-0.39, 0.29) is 5.75 Å². The van der Waals surface area contributed by atoms with Crippen molar-refractivity contribution in [3.63, 3.8) is 0 Å². The van der Waals surface area contributed by atoms with Crippen molar-refractivity contribution in [2.75, 3.05) is 0 Å². The first-order chi connectivity index (χ1) is 6.24. The number of halogens is 1. The predicted molar refractivity (Wildman–Crippen MR) is 52.9 cm³/mol. The number of aromatic amines is 1. The second-order valence-electron chi connectivity index (χ2n) is 2.83. The fourth-order valence-electron chi connectivity index (χ4n) is 1.42. The van der Waals surface area contributed by atoms with Gasteiger partial charge in [0, 0.05) is 18.1 Å². The molecule has 2 rings (SSSR count). The van der Waals surface area contributed by atoms with Gasteiger partial charge in [-0.05, 0) is 17.7 Å². The van der Waals surface area contributed by atoms with Crippen molar-refractivity contribution in [3.05, 3.63) is 28.9 Å². The van der Waals surface area contributed by atoms with Gasteiger partial charge in [0.2, 0.25) is 0 Å². The molecule has 0 aliphatic heterocycles. The van der Waals surface area contributed by atoms with E-state index in [1.54, 1.807) is 18.3 Å². The Morgan fingerprint density at radius 1 is 1.46 bits per heavy atom. The Morgan fingerprint density at radius 3 is 2.92 bits per heavy atom. The molecule has 0 saturated carbocycles. The molecule has 1 heterocycles. The summed E-state index contributed by atoms with van der Waals surface area (Å²) in [6, 6.07) is 3.22. The van der Waals surface area contributed by atoms with Crippen molar-refractivity contribution in [1.82, 2.24) is 4.98 Å². The van der Waals surface area contributed by atoms with E-state index < -0.39 is 0 Å². The van der Waals surface area contributed by atoms with Crippen molar-refractivity contribution >= 4 is 22.5 Å². The first kappa shape index (κ1) is 8.41. The number of aromatic hydroxyl groups is 1. The van der Waals surface area contributed by atoms with Crippen LogP contribution in [0, 0.1) is 0 Å². The van der Waals surface area contributed by atoms with Gasteiger partial charge >= 0.3 is 0 Å². The lowest BCUT2D eigenvalue weighted by Gasteiger charge is -1.99. The number of benzene rings is 1. The topological polar surface area (TPSA) is 62.0 Å². The molecule has 0 aliphatic carbocycles. The zero-order valence-electron chi connectivity index (χ0n) is 6.84. The summed E-state index contributed by atoms with van der Waals surface area (Å²) in [7, 11) is 0. The lowest BCUT2D eigenvalue weighted by Crippen LogP contribution is -1.94. The molecule has 0 spiro atoms. The molecule has 3 nitrogen and oxygen atoms in total. The lowest BCUT2D eigenvalue weighted by atomic mass is 10.1. The largest absolute Gasteiger partial charge is 0.507 e. The number of fused-ring (bicyclic) bond motifs is 1. The summed E-state index contributed by atoms with van der Waals surface area (Å²) in [6.45, 7) is 0.383. The maximum absolute atomic E-state index is 9.56. The number of H-pyrrole nitrogens is 1. The quantitative estimate of drug-likeness (QED) is 0.653. The van der Waals surface area contributed by atoms with Gasteiger partial charge in [-0.15, -0.1) is 0 Å². The monoisotopic (exact) mass is 196 g/mol. The molecule has 4 heteroatoms.